The van der Waals surface area contributed by atoms with Gasteiger partial charge in [0.15, 0.2) is 0 Å². The lowest BCUT2D eigenvalue weighted by molar-refractivity contribution is 0.0786. The van der Waals surface area contributed by atoms with Gasteiger partial charge < -0.3 is 5.32 Å². The fourth-order valence-electron chi connectivity index (χ4n) is 2.78. The van der Waals surface area contributed by atoms with Crippen LogP contribution in [0.1, 0.15) is 30.6 Å². The molecule has 2 unspecified atom stereocenters. The van der Waals surface area contributed by atoms with Crippen LogP contribution in [0, 0.1) is 5.92 Å². The predicted molar refractivity (Wildman–Crippen MR) is 81.0 cm³/mol. The highest BCUT2D eigenvalue weighted by molar-refractivity contribution is 9.10. The fourth-order valence-corrected chi connectivity index (χ4v) is 4.29. The van der Waals surface area contributed by atoms with Crippen LogP contribution in [0.3, 0.4) is 0 Å². The maximum absolute atomic E-state index is 3.68. The van der Waals surface area contributed by atoms with Crippen LogP contribution in [-0.2, 0) is 6.54 Å². The first-order chi connectivity index (χ1) is 8.72. The lowest BCUT2D eigenvalue weighted by Gasteiger charge is -2.43. The van der Waals surface area contributed by atoms with E-state index in [9.17, 15) is 0 Å². The van der Waals surface area contributed by atoms with Crippen LogP contribution in [0.5, 0.6) is 0 Å². The predicted octanol–water partition coefficient (Wildman–Crippen LogP) is 3.47. The standard InChI is InChI=1S/C14H21BrN2S/c1-17(8-13-6-11(15)9-18-13)14-5-2-10(14)7-16-12-3-4-12/h6,9-10,12,14,16H,2-5,7-8H2,1H3. The van der Waals surface area contributed by atoms with Gasteiger partial charge in [-0.2, -0.15) is 0 Å². The van der Waals surface area contributed by atoms with E-state index >= 15 is 0 Å². The molecule has 1 aromatic rings. The molecule has 0 aromatic carbocycles. The molecule has 18 heavy (non-hydrogen) atoms. The summed E-state index contributed by atoms with van der Waals surface area (Å²) in [6.07, 6.45) is 5.58. The van der Waals surface area contributed by atoms with Crippen LogP contribution >= 0.6 is 27.3 Å². The maximum atomic E-state index is 3.68. The maximum Gasteiger partial charge on any atom is 0.0328 e. The third-order valence-electron chi connectivity index (χ3n) is 4.22. The summed E-state index contributed by atoms with van der Waals surface area (Å²) < 4.78 is 1.22. The highest BCUT2D eigenvalue weighted by Gasteiger charge is 2.34. The Hall–Kier alpha value is 0.1000. The van der Waals surface area contributed by atoms with Crippen molar-refractivity contribution >= 4 is 27.3 Å². The molecule has 0 bridgehead atoms. The molecule has 3 rings (SSSR count). The first-order valence-electron chi connectivity index (χ1n) is 6.89. The minimum atomic E-state index is 0.789. The molecule has 0 amide bonds. The van der Waals surface area contributed by atoms with Crippen molar-refractivity contribution in [1.82, 2.24) is 10.2 Å². The van der Waals surface area contributed by atoms with E-state index in [0.717, 1.165) is 24.5 Å². The van der Waals surface area contributed by atoms with Crippen molar-refractivity contribution in [2.45, 2.75) is 44.3 Å². The largest absolute Gasteiger partial charge is 0.314 e. The topological polar surface area (TPSA) is 15.3 Å². The number of nitrogens with one attached hydrogen (secondary N) is 1. The molecule has 0 spiro atoms. The zero-order chi connectivity index (χ0) is 12.5. The van der Waals surface area contributed by atoms with Crippen LogP contribution in [0.25, 0.3) is 0 Å². The van der Waals surface area contributed by atoms with Gasteiger partial charge >= 0.3 is 0 Å². The Bertz CT molecular complexity index is 402. The molecule has 1 N–H and O–H groups in total. The Morgan fingerprint density at radius 3 is 2.78 bits per heavy atom. The number of rotatable bonds is 6. The Balaban J connectivity index is 1.47. The number of thiophene rings is 1. The molecule has 1 aromatic heterocycles. The lowest BCUT2D eigenvalue weighted by atomic mass is 9.78. The van der Waals surface area contributed by atoms with Crippen LogP contribution in [0.15, 0.2) is 15.9 Å². The Morgan fingerprint density at radius 1 is 1.39 bits per heavy atom. The Labute approximate surface area is 122 Å². The fraction of sp³-hybridized carbons (Fsp3) is 0.714. The van der Waals surface area contributed by atoms with Gasteiger partial charge in [-0.05, 0) is 67.2 Å². The average Bonchev–Trinajstić information content (AvgIpc) is 3.01. The highest BCUT2D eigenvalue weighted by Crippen LogP contribution is 2.33. The monoisotopic (exact) mass is 328 g/mol. The van der Waals surface area contributed by atoms with E-state index in [2.05, 4.69) is 44.6 Å². The van der Waals surface area contributed by atoms with Crippen molar-refractivity contribution in [3.05, 3.63) is 20.8 Å². The summed E-state index contributed by atoms with van der Waals surface area (Å²) in [5.41, 5.74) is 0. The molecule has 2 atom stereocenters. The van der Waals surface area contributed by atoms with E-state index in [1.807, 2.05) is 11.3 Å². The van der Waals surface area contributed by atoms with E-state index < -0.39 is 0 Å². The zero-order valence-corrected chi connectivity index (χ0v) is 13.3. The summed E-state index contributed by atoms with van der Waals surface area (Å²) >= 11 is 5.39. The normalized spacial score (nSPS) is 27.5. The molecule has 100 valence electrons. The van der Waals surface area contributed by atoms with Crippen molar-refractivity contribution < 1.29 is 0 Å². The van der Waals surface area contributed by atoms with Crippen molar-refractivity contribution in [2.75, 3.05) is 13.6 Å². The van der Waals surface area contributed by atoms with Gasteiger partial charge in [0.25, 0.3) is 0 Å². The number of halogens is 1. The minimum Gasteiger partial charge on any atom is -0.314 e. The molecule has 4 heteroatoms. The van der Waals surface area contributed by atoms with Gasteiger partial charge in [0.2, 0.25) is 0 Å². The Morgan fingerprint density at radius 2 is 2.22 bits per heavy atom. The molecule has 0 aliphatic heterocycles. The van der Waals surface area contributed by atoms with Gasteiger partial charge in [-0.15, -0.1) is 11.3 Å². The van der Waals surface area contributed by atoms with Gasteiger partial charge in [-0.25, -0.2) is 0 Å². The summed E-state index contributed by atoms with van der Waals surface area (Å²) in [6.45, 7) is 2.33. The van der Waals surface area contributed by atoms with E-state index in [4.69, 9.17) is 0 Å². The number of hydrogen-bond acceptors (Lipinski definition) is 3. The molecule has 2 saturated carbocycles. The summed E-state index contributed by atoms with van der Waals surface area (Å²) in [5.74, 6) is 0.874. The molecule has 2 nitrogen and oxygen atoms in total. The van der Waals surface area contributed by atoms with Gasteiger partial charge in [0.05, 0.1) is 0 Å². The second kappa shape index (κ2) is 5.61. The first-order valence-corrected chi connectivity index (χ1v) is 8.56. The quantitative estimate of drug-likeness (QED) is 0.860. The van der Waals surface area contributed by atoms with Crippen molar-refractivity contribution in [3.8, 4) is 0 Å². The molecule has 2 aliphatic rings. The third kappa shape index (κ3) is 3.16. The van der Waals surface area contributed by atoms with Crippen LogP contribution in [0.2, 0.25) is 0 Å². The molecule has 0 radical (unpaired) electrons. The van der Waals surface area contributed by atoms with E-state index in [1.54, 1.807) is 0 Å². The van der Waals surface area contributed by atoms with Crippen molar-refractivity contribution in [1.29, 1.82) is 0 Å². The van der Waals surface area contributed by atoms with Gasteiger partial charge in [-0.1, -0.05) is 0 Å². The van der Waals surface area contributed by atoms with Gasteiger partial charge in [0.1, 0.15) is 0 Å². The summed E-state index contributed by atoms with van der Waals surface area (Å²) in [6, 6.07) is 3.89. The second-order valence-corrected chi connectivity index (χ2v) is 7.65. The summed E-state index contributed by atoms with van der Waals surface area (Å²) in [5, 5.41) is 5.86. The zero-order valence-electron chi connectivity index (χ0n) is 10.9. The smallest absolute Gasteiger partial charge is 0.0328 e. The highest BCUT2D eigenvalue weighted by atomic mass is 79.9. The molecular formula is C14H21BrN2S. The van der Waals surface area contributed by atoms with E-state index in [-0.39, 0.29) is 0 Å². The first kappa shape index (κ1) is 13.1. The minimum absolute atomic E-state index is 0.789. The lowest BCUT2D eigenvalue weighted by Crippen LogP contribution is -2.48. The summed E-state index contributed by atoms with van der Waals surface area (Å²) in [7, 11) is 2.28. The van der Waals surface area contributed by atoms with Gasteiger partial charge in [-0.3, -0.25) is 4.90 Å². The van der Waals surface area contributed by atoms with Crippen LogP contribution < -0.4 is 5.32 Å². The van der Waals surface area contributed by atoms with Crippen molar-refractivity contribution in [2.24, 2.45) is 5.92 Å². The third-order valence-corrected chi connectivity index (χ3v) is 5.90. The molecule has 2 fully saturated rings. The van der Waals surface area contributed by atoms with Crippen LogP contribution in [-0.4, -0.2) is 30.6 Å². The Kier molecular flexibility index (Phi) is 4.09. The molecule has 2 aliphatic carbocycles. The molecule has 1 heterocycles. The number of hydrogen-bond donors (Lipinski definition) is 1. The summed E-state index contributed by atoms with van der Waals surface area (Å²) in [4.78, 5) is 4.01. The average molecular weight is 329 g/mol. The number of nitrogens with zero attached hydrogens (tertiary/aromatic N) is 1. The second-order valence-electron chi connectivity index (χ2n) is 5.73. The SMILES string of the molecule is CN(Cc1cc(Br)cs1)C1CCC1CNC1CC1. The van der Waals surface area contributed by atoms with E-state index in [0.29, 0.717) is 0 Å². The van der Waals surface area contributed by atoms with Gasteiger partial charge in [0, 0.05) is 33.4 Å². The molecular weight excluding hydrogens is 308 g/mol. The molecule has 0 saturated heterocycles. The van der Waals surface area contributed by atoms with E-state index in [1.165, 1.54) is 41.6 Å². The van der Waals surface area contributed by atoms with Crippen molar-refractivity contribution in [3.63, 3.8) is 0 Å². The van der Waals surface area contributed by atoms with Crippen LogP contribution in [0.4, 0.5) is 0 Å².